The molecule has 0 heterocycles. The number of alkyl halides is 9. The van der Waals surface area contributed by atoms with Crippen LogP contribution in [0.5, 0.6) is 5.75 Å². The van der Waals surface area contributed by atoms with Crippen molar-refractivity contribution in [2.75, 3.05) is 6.61 Å². The minimum Gasteiger partial charge on any atom is -0.491 e. The van der Waals surface area contributed by atoms with Crippen LogP contribution in [0, 0.1) is 7.14 Å². The number of aromatic carboxylic acids is 1. The van der Waals surface area contributed by atoms with E-state index in [1.165, 1.54) is 12.1 Å². The number of carboxylic acid groups (broad SMARTS) is 1. The van der Waals surface area contributed by atoms with E-state index in [2.05, 4.69) is 0 Å². The van der Waals surface area contributed by atoms with Crippen molar-refractivity contribution in [3.8, 4) is 5.75 Å². The Labute approximate surface area is 178 Å². The molecule has 0 aliphatic rings. The molecule has 160 valence electrons. The molecule has 0 saturated heterocycles. The van der Waals surface area contributed by atoms with Gasteiger partial charge in [0.05, 0.1) is 19.3 Å². The number of ether oxygens (including phenoxy) is 1. The molecule has 0 spiro atoms. The molecule has 3 nitrogen and oxygen atoms in total. The monoisotopic (exact) mass is 650 g/mol. The van der Waals surface area contributed by atoms with Crippen LogP contribution in [0.25, 0.3) is 0 Å². The van der Waals surface area contributed by atoms with E-state index >= 15 is 0 Å². The Morgan fingerprint density at radius 1 is 0.929 bits per heavy atom. The SMILES string of the molecule is O=C(O)c1cc(I)c(OCCCC(F)(F)C(F)(F)C(F)(F)C(F)(F)F)c(I)c1. The molecule has 14 heteroatoms. The van der Waals surface area contributed by atoms with Crippen LogP contribution >= 0.6 is 45.2 Å². The van der Waals surface area contributed by atoms with Crippen LogP contribution in [-0.2, 0) is 0 Å². The molecule has 1 aromatic rings. The maximum Gasteiger partial charge on any atom is 0.460 e. The van der Waals surface area contributed by atoms with Gasteiger partial charge < -0.3 is 9.84 Å². The average molecular weight is 650 g/mol. The van der Waals surface area contributed by atoms with Gasteiger partial charge in [0, 0.05) is 6.42 Å². The first-order valence-electron chi connectivity index (χ1n) is 7.01. The number of carbonyl (C=O) groups is 1. The van der Waals surface area contributed by atoms with Crippen LogP contribution < -0.4 is 4.74 Å². The Hall–Kier alpha value is -0.680. The van der Waals surface area contributed by atoms with Crippen molar-refractivity contribution >= 4 is 51.2 Å². The van der Waals surface area contributed by atoms with Crippen LogP contribution in [0.3, 0.4) is 0 Å². The number of hydrogen-bond donors (Lipinski definition) is 1. The van der Waals surface area contributed by atoms with Gasteiger partial charge in [-0.1, -0.05) is 0 Å². The molecule has 1 N–H and O–H groups in total. The van der Waals surface area contributed by atoms with E-state index in [0.29, 0.717) is 0 Å². The van der Waals surface area contributed by atoms with Crippen molar-refractivity contribution in [1.29, 1.82) is 0 Å². The minimum atomic E-state index is -6.91. The highest BCUT2D eigenvalue weighted by molar-refractivity contribution is 14.1. The fourth-order valence-corrected chi connectivity index (χ4v) is 3.93. The third kappa shape index (κ3) is 5.08. The molecule has 0 aliphatic carbocycles. The molecule has 0 aromatic heterocycles. The second-order valence-corrected chi connectivity index (χ2v) is 7.70. The minimum absolute atomic E-state index is 0.0295. The second-order valence-electron chi connectivity index (χ2n) is 5.38. The summed E-state index contributed by atoms with van der Waals surface area (Å²) in [7, 11) is 0. The first-order valence-corrected chi connectivity index (χ1v) is 9.17. The summed E-state index contributed by atoms with van der Waals surface area (Å²) in [4.78, 5) is 10.9. The van der Waals surface area contributed by atoms with Crippen molar-refractivity contribution in [2.24, 2.45) is 0 Å². The number of rotatable bonds is 8. The molecular weight excluding hydrogens is 641 g/mol. The van der Waals surface area contributed by atoms with E-state index in [0.717, 1.165) is 0 Å². The Morgan fingerprint density at radius 3 is 1.79 bits per heavy atom. The smallest absolute Gasteiger partial charge is 0.460 e. The average Bonchev–Trinajstić information content (AvgIpc) is 2.51. The maximum atomic E-state index is 13.4. The molecule has 0 fully saturated rings. The fraction of sp³-hybridized carbons (Fsp3) is 0.500. The predicted octanol–water partition coefficient (Wildman–Crippen LogP) is 6.22. The predicted molar refractivity (Wildman–Crippen MR) is 94.5 cm³/mol. The van der Waals surface area contributed by atoms with Gasteiger partial charge in [-0.3, -0.25) is 0 Å². The molecular formula is C14H9F9I2O3. The highest BCUT2D eigenvalue weighted by Gasteiger charge is 2.81. The van der Waals surface area contributed by atoms with Gasteiger partial charge in [0.1, 0.15) is 5.75 Å². The fourth-order valence-electron chi connectivity index (χ4n) is 1.85. The van der Waals surface area contributed by atoms with Crippen molar-refractivity contribution in [2.45, 2.75) is 36.8 Å². The molecule has 0 saturated carbocycles. The molecule has 0 amide bonds. The largest absolute Gasteiger partial charge is 0.491 e. The van der Waals surface area contributed by atoms with Gasteiger partial charge in [0.25, 0.3) is 0 Å². The summed E-state index contributed by atoms with van der Waals surface area (Å²) in [6.45, 7) is -0.707. The summed E-state index contributed by atoms with van der Waals surface area (Å²) in [6.07, 6.45) is -9.82. The zero-order valence-electron chi connectivity index (χ0n) is 13.2. The maximum absolute atomic E-state index is 13.4. The van der Waals surface area contributed by atoms with E-state index < -0.39 is 49.4 Å². The van der Waals surface area contributed by atoms with Gasteiger partial charge in [-0.25, -0.2) is 4.79 Å². The standard InChI is InChI=1S/C14H9F9I2O3/c15-11(16,12(17,18)13(19,20)14(21,22)23)2-1-3-28-9-7(24)4-6(10(26)27)5-8(9)25/h4-5H,1-3H2,(H,26,27). The quantitative estimate of drug-likeness (QED) is 0.207. The van der Waals surface area contributed by atoms with Crippen molar-refractivity contribution in [3.05, 3.63) is 24.8 Å². The van der Waals surface area contributed by atoms with E-state index in [-0.39, 0.29) is 18.5 Å². The van der Waals surface area contributed by atoms with Gasteiger partial charge in [-0.2, -0.15) is 39.5 Å². The molecule has 28 heavy (non-hydrogen) atoms. The summed E-state index contributed by atoms with van der Waals surface area (Å²) >= 11 is 3.32. The Bertz CT molecular complexity index is 712. The lowest BCUT2D eigenvalue weighted by molar-refractivity contribution is -0.396. The highest BCUT2D eigenvalue weighted by Crippen LogP contribution is 2.54. The molecule has 0 atom stereocenters. The van der Waals surface area contributed by atoms with Crippen LogP contribution in [0.4, 0.5) is 39.5 Å². The lowest BCUT2D eigenvalue weighted by Crippen LogP contribution is -2.60. The van der Waals surface area contributed by atoms with Crippen molar-refractivity contribution in [1.82, 2.24) is 0 Å². The Balaban J connectivity index is 2.82. The normalized spacial score (nSPS) is 13.5. The van der Waals surface area contributed by atoms with Crippen molar-refractivity contribution < 1.29 is 54.2 Å². The number of hydrogen-bond acceptors (Lipinski definition) is 2. The molecule has 0 radical (unpaired) electrons. The van der Waals surface area contributed by atoms with E-state index in [9.17, 15) is 44.3 Å². The lowest BCUT2D eigenvalue weighted by Gasteiger charge is -2.33. The third-order valence-corrected chi connectivity index (χ3v) is 4.94. The van der Waals surface area contributed by atoms with Gasteiger partial charge in [-0.05, 0) is 63.7 Å². The van der Waals surface area contributed by atoms with E-state index in [1.54, 1.807) is 45.2 Å². The van der Waals surface area contributed by atoms with Crippen LogP contribution in [-0.4, -0.2) is 41.6 Å². The summed E-state index contributed by atoms with van der Waals surface area (Å²) in [5.41, 5.74) is -0.110. The van der Waals surface area contributed by atoms with Crippen molar-refractivity contribution in [3.63, 3.8) is 0 Å². The molecule has 0 unspecified atom stereocenters. The summed E-state index contributed by atoms with van der Waals surface area (Å²) in [6, 6.07) is 2.35. The Kier molecular flexibility index (Phi) is 7.78. The van der Waals surface area contributed by atoms with Gasteiger partial charge >= 0.3 is 29.9 Å². The Morgan fingerprint density at radius 2 is 1.39 bits per heavy atom. The van der Waals surface area contributed by atoms with E-state index in [1.807, 2.05) is 0 Å². The third-order valence-electron chi connectivity index (χ3n) is 3.34. The van der Waals surface area contributed by atoms with Crippen LogP contribution in [0.2, 0.25) is 0 Å². The van der Waals surface area contributed by atoms with E-state index in [4.69, 9.17) is 9.84 Å². The zero-order valence-corrected chi connectivity index (χ0v) is 17.5. The first-order chi connectivity index (χ1) is 12.5. The molecule has 0 bridgehead atoms. The number of carboxylic acids is 1. The molecule has 1 rings (SSSR count). The van der Waals surface area contributed by atoms with Gasteiger partial charge in [-0.15, -0.1) is 0 Å². The summed E-state index contributed by atoms with van der Waals surface area (Å²) < 4.78 is 120. The van der Waals surface area contributed by atoms with Gasteiger partial charge in [0.2, 0.25) is 0 Å². The zero-order chi connectivity index (χ0) is 22.1. The highest BCUT2D eigenvalue weighted by atomic mass is 127. The van der Waals surface area contributed by atoms with Gasteiger partial charge in [0.15, 0.2) is 0 Å². The van der Waals surface area contributed by atoms with Crippen LogP contribution in [0.15, 0.2) is 12.1 Å². The summed E-state index contributed by atoms with van der Waals surface area (Å²) in [5.74, 6) is -20.4. The first kappa shape index (κ1) is 25.4. The topological polar surface area (TPSA) is 46.5 Å². The van der Waals surface area contributed by atoms with Crippen LogP contribution in [0.1, 0.15) is 23.2 Å². The molecule has 0 aliphatic heterocycles. The lowest BCUT2D eigenvalue weighted by atomic mass is 10.00. The number of halogens is 11. The molecule has 1 aromatic carbocycles. The number of benzene rings is 1. The second kappa shape index (κ2) is 8.59. The summed E-state index contributed by atoms with van der Waals surface area (Å²) in [5, 5.41) is 8.88.